The largest absolute Gasteiger partial charge is 0.455 e. The quantitative estimate of drug-likeness (QED) is 0.854. The van der Waals surface area contributed by atoms with Gasteiger partial charge in [0, 0.05) is 29.6 Å². The average molecular weight is 394 g/mol. The van der Waals surface area contributed by atoms with E-state index in [1.54, 1.807) is 0 Å². The lowest BCUT2D eigenvalue weighted by Crippen LogP contribution is -2.29. The van der Waals surface area contributed by atoms with Crippen molar-refractivity contribution >= 4 is 9.84 Å². The minimum absolute atomic E-state index is 0.0953. The van der Waals surface area contributed by atoms with Gasteiger partial charge in [0.05, 0.1) is 16.7 Å². The molecular weight excluding hydrogens is 378 g/mol. The molecule has 3 unspecified atom stereocenters. The Morgan fingerprint density at radius 3 is 2.67 bits per heavy atom. The fraction of sp³-hybridized carbons (Fsp3) is 0.333. The first kappa shape index (κ1) is 19.2. The monoisotopic (exact) mass is 394 g/mol. The van der Waals surface area contributed by atoms with Crippen molar-refractivity contribution in [3.63, 3.8) is 0 Å². The van der Waals surface area contributed by atoms with E-state index in [0.717, 1.165) is 12.3 Å². The van der Waals surface area contributed by atoms with Gasteiger partial charge in [0.15, 0.2) is 21.7 Å². The molecule has 9 heteroatoms. The van der Waals surface area contributed by atoms with Crippen LogP contribution in [0, 0.1) is 11.3 Å². The van der Waals surface area contributed by atoms with Crippen LogP contribution in [-0.4, -0.2) is 30.4 Å². The summed E-state index contributed by atoms with van der Waals surface area (Å²) in [4.78, 5) is 3.47. The molecule has 0 saturated heterocycles. The molecule has 0 spiro atoms. The van der Waals surface area contributed by atoms with Crippen molar-refractivity contribution in [1.82, 2.24) is 4.98 Å². The first-order valence-corrected chi connectivity index (χ1v) is 9.93. The van der Waals surface area contributed by atoms with Crippen LogP contribution in [0.1, 0.15) is 42.3 Å². The number of aromatic nitrogens is 1. The summed E-state index contributed by atoms with van der Waals surface area (Å²) in [5.74, 6) is -0.0493. The number of sulfone groups is 1. The molecule has 6 nitrogen and oxygen atoms in total. The highest BCUT2D eigenvalue weighted by molar-refractivity contribution is 7.90. The van der Waals surface area contributed by atoms with E-state index in [1.807, 2.05) is 6.07 Å². The van der Waals surface area contributed by atoms with Crippen LogP contribution < -0.4 is 4.74 Å². The van der Waals surface area contributed by atoms with E-state index in [9.17, 15) is 13.5 Å². The summed E-state index contributed by atoms with van der Waals surface area (Å²) in [7, 11) is -3.85. The van der Waals surface area contributed by atoms with E-state index in [2.05, 4.69) is 4.98 Å². The Bertz CT molecular complexity index is 1050. The Morgan fingerprint density at radius 1 is 1.37 bits per heavy atom. The second-order valence-corrected chi connectivity index (χ2v) is 8.31. The maximum atomic E-state index is 15.1. The molecule has 0 radical (unpaired) electrons. The molecule has 142 valence electrons. The lowest BCUT2D eigenvalue weighted by Gasteiger charge is -2.24. The number of fused-ring (bicyclic) bond motifs is 1. The number of alkyl halides is 2. The molecule has 3 rings (SSSR count). The summed E-state index contributed by atoms with van der Waals surface area (Å²) in [6.07, 6.45) is -1.12. The minimum atomic E-state index is -3.85. The molecule has 3 atom stereocenters. The number of aliphatic hydroxyl groups excluding tert-OH is 1. The predicted molar refractivity (Wildman–Crippen MR) is 91.5 cm³/mol. The summed E-state index contributed by atoms with van der Waals surface area (Å²) < 4.78 is 59.8. The van der Waals surface area contributed by atoms with Crippen molar-refractivity contribution in [2.45, 2.75) is 36.2 Å². The molecule has 1 N–H and O–H groups in total. The van der Waals surface area contributed by atoms with Gasteiger partial charge in [-0.15, -0.1) is 0 Å². The van der Waals surface area contributed by atoms with E-state index >= 15 is 8.78 Å². The highest BCUT2D eigenvalue weighted by Gasteiger charge is 2.56. The zero-order valence-corrected chi connectivity index (χ0v) is 15.3. The second kappa shape index (κ2) is 6.55. The van der Waals surface area contributed by atoms with E-state index in [4.69, 9.17) is 10.00 Å². The first-order chi connectivity index (χ1) is 12.6. The van der Waals surface area contributed by atoms with Crippen LogP contribution in [-0.2, 0) is 9.84 Å². The topological polar surface area (TPSA) is 100 Å². The number of hydrogen-bond acceptors (Lipinski definition) is 6. The van der Waals surface area contributed by atoms with Gasteiger partial charge in [0.25, 0.3) is 0 Å². The number of halogens is 2. The fourth-order valence-electron chi connectivity index (χ4n) is 3.21. The Balaban J connectivity index is 2.21. The summed E-state index contributed by atoms with van der Waals surface area (Å²) in [5, 5.41) is 19.3. The van der Waals surface area contributed by atoms with Crippen molar-refractivity contribution in [3.8, 4) is 17.6 Å². The molecular formula is C18H16F2N2O4S. The molecule has 0 aliphatic heterocycles. The molecule has 1 aromatic carbocycles. The van der Waals surface area contributed by atoms with Gasteiger partial charge in [0.2, 0.25) is 0 Å². The minimum Gasteiger partial charge on any atom is -0.455 e. The van der Waals surface area contributed by atoms with E-state index < -0.39 is 27.8 Å². The number of ether oxygens (including phenoxy) is 1. The van der Waals surface area contributed by atoms with Gasteiger partial charge in [-0.25, -0.2) is 17.2 Å². The normalized spacial score (nSPS) is 24.3. The molecule has 1 aliphatic rings. The third-order valence-corrected chi connectivity index (χ3v) is 5.78. The van der Waals surface area contributed by atoms with Crippen LogP contribution in [0.15, 0.2) is 35.5 Å². The first-order valence-electron chi connectivity index (χ1n) is 8.04. The number of nitriles is 1. The van der Waals surface area contributed by atoms with Gasteiger partial charge in [-0.2, -0.15) is 5.26 Å². The predicted octanol–water partition coefficient (Wildman–Crippen LogP) is 3.32. The van der Waals surface area contributed by atoms with Gasteiger partial charge in [-0.3, -0.25) is 4.98 Å². The summed E-state index contributed by atoms with van der Waals surface area (Å²) in [5.41, 5.74) is -3.16. The van der Waals surface area contributed by atoms with Gasteiger partial charge >= 0.3 is 0 Å². The van der Waals surface area contributed by atoms with Crippen molar-refractivity contribution in [2.75, 3.05) is 6.26 Å². The Hall–Kier alpha value is -2.57. The molecule has 0 fully saturated rings. The molecule has 0 saturated carbocycles. The van der Waals surface area contributed by atoms with E-state index in [1.165, 1.54) is 31.5 Å². The highest BCUT2D eigenvalue weighted by atomic mass is 32.2. The van der Waals surface area contributed by atoms with Crippen molar-refractivity contribution in [1.29, 1.82) is 5.26 Å². The second-order valence-electron chi connectivity index (χ2n) is 6.33. The molecule has 0 bridgehead atoms. The standard InChI is InChI=1S/C18H16F2N2O4S/c1-3-18(20)16(19)14-12(26-11-6-10(7-21)8-22-9-11)4-5-13(27(2,24)25)15(14)17(18)23/h4-6,8-9,16-17,23H,3H2,1-2H3. The Labute approximate surface area is 155 Å². The third-order valence-electron chi connectivity index (χ3n) is 4.62. The van der Waals surface area contributed by atoms with E-state index in [0.29, 0.717) is 0 Å². The molecule has 1 aromatic heterocycles. The van der Waals surface area contributed by atoms with Gasteiger partial charge < -0.3 is 9.84 Å². The SMILES string of the molecule is CCC1(F)C(O)c2c(S(C)(=O)=O)ccc(Oc3cncc(C#N)c3)c2C1F. The van der Waals surface area contributed by atoms with Crippen LogP contribution in [0.5, 0.6) is 11.5 Å². The summed E-state index contributed by atoms with van der Waals surface area (Å²) >= 11 is 0. The van der Waals surface area contributed by atoms with Gasteiger partial charge in [-0.05, 0) is 18.6 Å². The fourth-order valence-corrected chi connectivity index (χ4v) is 4.14. The highest BCUT2D eigenvalue weighted by Crippen LogP contribution is 2.57. The smallest absolute Gasteiger partial charge is 0.175 e. The number of hydrogen-bond donors (Lipinski definition) is 1. The zero-order chi connectivity index (χ0) is 20.0. The molecule has 27 heavy (non-hydrogen) atoms. The van der Waals surface area contributed by atoms with Crippen LogP contribution in [0.4, 0.5) is 8.78 Å². The number of benzene rings is 1. The van der Waals surface area contributed by atoms with Crippen LogP contribution >= 0.6 is 0 Å². The number of pyridine rings is 1. The lowest BCUT2D eigenvalue weighted by molar-refractivity contribution is -0.0506. The molecule has 2 aromatic rings. The van der Waals surface area contributed by atoms with E-state index in [-0.39, 0.29) is 39.5 Å². The third kappa shape index (κ3) is 3.05. The number of rotatable bonds is 4. The summed E-state index contributed by atoms with van der Waals surface area (Å²) in [6, 6.07) is 5.57. The van der Waals surface area contributed by atoms with Gasteiger partial charge in [0.1, 0.15) is 23.7 Å². The maximum absolute atomic E-state index is 15.1. The van der Waals surface area contributed by atoms with Gasteiger partial charge in [-0.1, -0.05) is 6.92 Å². The van der Waals surface area contributed by atoms with Crippen molar-refractivity contribution in [2.24, 2.45) is 0 Å². The maximum Gasteiger partial charge on any atom is 0.175 e. The molecule has 1 aliphatic carbocycles. The van der Waals surface area contributed by atoms with Crippen molar-refractivity contribution in [3.05, 3.63) is 47.3 Å². The van der Waals surface area contributed by atoms with Crippen LogP contribution in [0.25, 0.3) is 0 Å². The average Bonchev–Trinajstić information content (AvgIpc) is 2.83. The number of nitrogens with zero attached hydrogens (tertiary/aromatic N) is 2. The number of aliphatic hydroxyl groups is 1. The summed E-state index contributed by atoms with van der Waals surface area (Å²) in [6.45, 7) is 1.36. The zero-order valence-electron chi connectivity index (χ0n) is 14.5. The Kier molecular flexibility index (Phi) is 4.66. The lowest BCUT2D eigenvalue weighted by atomic mass is 9.95. The van der Waals surface area contributed by atoms with Crippen LogP contribution in [0.2, 0.25) is 0 Å². The van der Waals surface area contributed by atoms with Crippen molar-refractivity contribution < 1.29 is 27.0 Å². The van der Waals surface area contributed by atoms with Crippen LogP contribution in [0.3, 0.4) is 0 Å². The molecule has 0 amide bonds. The molecule has 1 heterocycles. The Morgan fingerprint density at radius 2 is 2.07 bits per heavy atom.